The second-order valence-corrected chi connectivity index (χ2v) is 4.36. The Hall–Kier alpha value is -1.32. The molecule has 0 spiro atoms. The molecule has 0 atom stereocenters. The van der Waals surface area contributed by atoms with E-state index in [9.17, 15) is 0 Å². The first-order valence-corrected chi connectivity index (χ1v) is 6.06. The van der Waals surface area contributed by atoms with Crippen molar-refractivity contribution in [3.63, 3.8) is 0 Å². The van der Waals surface area contributed by atoms with E-state index in [0.717, 1.165) is 25.3 Å². The van der Waals surface area contributed by atoms with Crippen LogP contribution in [0.25, 0.3) is 0 Å². The lowest BCUT2D eigenvalue weighted by Gasteiger charge is -2.05. The third kappa shape index (κ3) is 3.32. The Labute approximate surface area is 106 Å². The molecule has 1 aromatic heterocycles. The first-order chi connectivity index (χ1) is 8.27. The van der Waals surface area contributed by atoms with Crippen molar-refractivity contribution in [2.75, 3.05) is 6.54 Å². The number of rotatable bonds is 5. The van der Waals surface area contributed by atoms with Crippen LogP contribution in [0.3, 0.4) is 0 Å². The van der Waals surface area contributed by atoms with E-state index in [1.54, 1.807) is 6.20 Å². The highest BCUT2D eigenvalue weighted by Crippen LogP contribution is 2.08. The fourth-order valence-corrected chi connectivity index (χ4v) is 1.81. The van der Waals surface area contributed by atoms with Crippen molar-refractivity contribution in [1.29, 1.82) is 0 Å². The first kappa shape index (κ1) is 12.1. The Kier molecular flexibility index (Phi) is 4.18. The molecule has 1 N–H and O–H groups in total. The molecule has 1 aromatic carbocycles. The smallest absolute Gasteiger partial charge is 0.128 e. The van der Waals surface area contributed by atoms with Crippen LogP contribution in [0.1, 0.15) is 11.4 Å². The van der Waals surface area contributed by atoms with Gasteiger partial charge in [-0.05, 0) is 18.5 Å². The van der Waals surface area contributed by atoms with Crippen molar-refractivity contribution in [3.8, 4) is 0 Å². The van der Waals surface area contributed by atoms with Gasteiger partial charge in [-0.3, -0.25) is 0 Å². The zero-order chi connectivity index (χ0) is 12.1. The van der Waals surface area contributed by atoms with Gasteiger partial charge in [-0.1, -0.05) is 41.9 Å². The van der Waals surface area contributed by atoms with E-state index < -0.39 is 0 Å². The molecule has 4 heteroatoms. The van der Waals surface area contributed by atoms with Crippen molar-refractivity contribution in [2.45, 2.75) is 13.0 Å². The molecule has 0 aliphatic heterocycles. The molecule has 90 valence electrons. The van der Waals surface area contributed by atoms with Crippen LogP contribution in [0, 0.1) is 0 Å². The van der Waals surface area contributed by atoms with Gasteiger partial charge in [0.25, 0.3) is 0 Å². The minimum Gasteiger partial charge on any atom is -0.321 e. The summed E-state index contributed by atoms with van der Waals surface area (Å²) in [6, 6.07) is 10.4. The highest BCUT2D eigenvalue weighted by atomic mass is 35.5. The van der Waals surface area contributed by atoms with Crippen molar-refractivity contribution >= 4 is 11.6 Å². The van der Waals surface area contributed by atoms with Crippen LogP contribution in [0.4, 0.5) is 0 Å². The number of halogens is 1. The number of nitrogens with zero attached hydrogens (tertiary/aromatic N) is 2. The second-order valence-electron chi connectivity index (χ2n) is 3.97. The summed E-state index contributed by atoms with van der Waals surface area (Å²) in [5.41, 5.74) is 1.35. The van der Waals surface area contributed by atoms with Gasteiger partial charge in [0.1, 0.15) is 11.0 Å². The number of hydrogen-bond donors (Lipinski definition) is 1. The molecule has 0 aliphatic rings. The minimum atomic E-state index is 0.671. The number of hydrogen-bond acceptors (Lipinski definition) is 2. The van der Waals surface area contributed by atoms with Gasteiger partial charge in [0.2, 0.25) is 0 Å². The van der Waals surface area contributed by atoms with E-state index in [1.165, 1.54) is 5.56 Å². The summed E-state index contributed by atoms with van der Waals surface area (Å²) in [5, 5.41) is 4.03. The summed E-state index contributed by atoms with van der Waals surface area (Å²) in [4.78, 5) is 4.23. The van der Waals surface area contributed by atoms with Crippen molar-refractivity contribution < 1.29 is 0 Å². The SMILES string of the molecule is Cn1c(Cl)cnc1CNCCc1ccccc1. The van der Waals surface area contributed by atoms with Crippen LogP contribution in [0.5, 0.6) is 0 Å². The van der Waals surface area contributed by atoms with Crippen molar-refractivity contribution in [2.24, 2.45) is 7.05 Å². The standard InChI is InChI=1S/C13H16ClN3/c1-17-12(14)9-16-13(17)10-15-8-7-11-5-3-2-4-6-11/h2-6,9,15H,7-8,10H2,1H3. The second kappa shape index (κ2) is 5.84. The molecule has 0 saturated heterocycles. The largest absolute Gasteiger partial charge is 0.321 e. The third-order valence-corrected chi connectivity index (χ3v) is 3.10. The molecule has 0 radical (unpaired) electrons. The van der Waals surface area contributed by atoms with Gasteiger partial charge in [-0.25, -0.2) is 4.98 Å². The van der Waals surface area contributed by atoms with Gasteiger partial charge in [0, 0.05) is 7.05 Å². The Balaban J connectivity index is 1.75. The summed E-state index contributed by atoms with van der Waals surface area (Å²) in [6.07, 6.45) is 2.70. The van der Waals surface area contributed by atoms with Gasteiger partial charge < -0.3 is 9.88 Å². The average molecular weight is 250 g/mol. The highest BCUT2D eigenvalue weighted by Gasteiger charge is 2.02. The molecule has 0 bridgehead atoms. The molecule has 0 amide bonds. The predicted molar refractivity (Wildman–Crippen MR) is 70.1 cm³/mol. The predicted octanol–water partition coefficient (Wildman–Crippen LogP) is 2.41. The summed E-state index contributed by atoms with van der Waals surface area (Å²) in [6.45, 7) is 1.69. The fraction of sp³-hybridized carbons (Fsp3) is 0.308. The minimum absolute atomic E-state index is 0.671. The van der Waals surface area contributed by atoms with Crippen LogP contribution < -0.4 is 5.32 Å². The third-order valence-electron chi connectivity index (χ3n) is 2.74. The quantitative estimate of drug-likeness (QED) is 0.825. The monoisotopic (exact) mass is 249 g/mol. The molecule has 0 aliphatic carbocycles. The molecule has 0 saturated carbocycles. The lowest BCUT2D eigenvalue weighted by atomic mass is 10.1. The summed E-state index contributed by atoms with van der Waals surface area (Å²) >= 11 is 5.91. The topological polar surface area (TPSA) is 29.9 Å². The molecule has 0 fully saturated rings. The van der Waals surface area contributed by atoms with E-state index in [4.69, 9.17) is 11.6 Å². The van der Waals surface area contributed by atoms with Crippen LogP contribution >= 0.6 is 11.6 Å². The summed E-state index contributed by atoms with van der Waals surface area (Å²) in [5.74, 6) is 0.961. The zero-order valence-electron chi connectivity index (χ0n) is 9.86. The summed E-state index contributed by atoms with van der Waals surface area (Å²) < 4.78 is 1.89. The number of aromatic nitrogens is 2. The molecule has 17 heavy (non-hydrogen) atoms. The normalized spacial score (nSPS) is 10.7. The Morgan fingerprint density at radius 2 is 2.06 bits per heavy atom. The maximum absolute atomic E-state index is 5.91. The van der Waals surface area contributed by atoms with E-state index in [-0.39, 0.29) is 0 Å². The lowest BCUT2D eigenvalue weighted by Crippen LogP contribution is -2.19. The van der Waals surface area contributed by atoms with Gasteiger partial charge in [0.15, 0.2) is 0 Å². The van der Waals surface area contributed by atoms with Gasteiger partial charge in [-0.2, -0.15) is 0 Å². The molecule has 2 rings (SSSR count). The van der Waals surface area contributed by atoms with Gasteiger partial charge in [-0.15, -0.1) is 0 Å². The maximum atomic E-state index is 5.91. The maximum Gasteiger partial charge on any atom is 0.128 e. The lowest BCUT2D eigenvalue weighted by molar-refractivity contribution is 0.638. The summed E-state index contributed by atoms with van der Waals surface area (Å²) in [7, 11) is 1.92. The van der Waals surface area contributed by atoms with Crippen LogP contribution in [-0.4, -0.2) is 16.1 Å². The first-order valence-electron chi connectivity index (χ1n) is 5.68. The van der Waals surface area contributed by atoms with E-state index >= 15 is 0 Å². The molecule has 0 unspecified atom stereocenters. The molecule has 3 nitrogen and oxygen atoms in total. The van der Waals surface area contributed by atoms with Gasteiger partial charge in [0.05, 0.1) is 12.7 Å². The Morgan fingerprint density at radius 1 is 1.29 bits per heavy atom. The van der Waals surface area contributed by atoms with Crippen molar-refractivity contribution in [3.05, 3.63) is 53.1 Å². The van der Waals surface area contributed by atoms with Crippen molar-refractivity contribution in [1.82, 2.24) is 14.9 Å². The number of benzene rings is 1. The van der Waals surface area contributed by atoms with E-state index in [1.807, 2.05) is 17.7 Å². The number of imidazole rings is 1. The highest BCUT2D eigenvalue weighted by molar-refractivity contribution is 6.29. The van der Waals surface area contributed by atoms with Gasteiger partial charge >= 0.3 is 0 Å². The fourth-order valence-electron chi connectivity index (χ4n) is 1.67. The Morgan fingerprint density at radius 3 is 2.71 bits per heavy atom. The Bertz CT molecular complexity index is 465. The van der Waals surface area contributed by atoms with E-state index in [0.29, 0.717) is 5.15 Å². The molecule has 1 heterocycles. The van der Waals surface area contributed by atoms with E-state index in [2.05, 4.69) is 34.6 Å². The molecular weight excluding hydrogens is 234 g/mol. The number of nitrogens with one attached hydrogen (secondary N) is 1. The van der Waals surface area contributed by atoms with Crippen LogP contribution in [0.2, 0.25) is 5.15 Å². The molecule has 2 aromatic rings. The van der Waals surface area contributed by atoms with Crippen LogP contribution in [0.15, 0.2) is 36.5 Å². The van der Waals surface area contributed by atoms with Crippen LogP contribution in [-0.2, 0) is 20.0 Å². The molecular formula is C13H16ClN3. The zero-order valence-corrected chi connectivity index (χ0v) is 10.6. The average Bonchev–Trinajstić information content (AvgIpc) is 2.67.